The summed E-state index contributed by atoms with van der Waals surface area (Å²) in [5.74, 6) is 0.464. The summed E-state index contributed by atoms with van der Waals surface area (Å²) in [6, 6.07) is -0.0611. The minimum atomic E-state index is -0.783. The lowest BCUT2D eigenvalue weighted by atomic mass is 10.1. The highest BCUT2D eigenvalue weighted by atomic mass is 16.4. The molecular formula is C10H16N4O2. The fourth-order valence-electron chi connectivity index (χ4n) is 1.97. The Morgan fingerprint density at radius 2 is 2.38 bits per heavy atom. The van der Waals surface area contributed by atoms with Crippen molar-refractivity contribution in [3.8, 4) is 0 Å². The van der Waals surface area contributed by atoms with E-state index >= 15 is 0 Å². The first-order valence-electron chi connectivity index (χ1n) is 5.71. The zero-order valence-corrected chi connectivity index (χ0v) is 9.33. The third kappa shape index (κ3) is 2.37. The molecule has 6 heteroatoms. The van der Waals surface area contributed by atoms with Crippen LogP contribution in [0, 0.1) is 5.92 Å². The molecule has 0 aromatic carbocycles. The largest absolute Gasteiger partial charge is 0.481 e. The highest BCUT2D eigenvalue weighted by Crippen LogP contribution is 2.41. The number of hydrogen-bond acceptors (Lipinski definition) is 4. The van der Waals surface area contributed by atoms with Gasteiger partial charge in [0.2, 0.25) is 0 Å². The monoisotopic (exact) mass is 224 g/mol. The second kappa shape index (κ2) is 4.59. The van der Waals surface area contributed by atoms with Crippen molar-refractivity contribution in [2.45, 2.75) is 45.1 Å². The second-order valence-corrected chi connectivity index (χ2v) is 4.29. The Bertz CT molecular complexity index is 373. The standard InChI is InChI=1S/C10H16N4O2/c1-2-3-9-11-12-13-14(9)8(6-10(15)16)7-4-5-7/h7-8H,2-6H2,1H3,(H,15,16). The van der Waals surface area contributed by atoms with Crippen LogP contribution in [0.5, 0.6) is 0 Å². The van der Waals surface area contributed by atoms with E-state index in [1.54, 1.807) is 4.68 Å². The van der Waals surface area contributed by atoms with Crippen LogP contribution in [-0.2, 0) is 11.2 Å². The van der Waals surface area contributed by atoms with Crippen molar-refractivity contribution < 1.29 is 9.90 Å². The molecule has 1 aliphatic rings. The van der Waals surface area contributed by atoms with Gasteiger partial charge in [-0.25, -0.2) is 4.68 Å². The molecule has 88 valence electrons. The van der Waals surface area contributed by atoms with E-state index in [0.717, 1.165) is 31.5 Å². The molecule has 2 rings (SSSR count). The topological polar surface area (TPSA) is 80.9 Å². The molecule has 1 heterocycles. The van der Waals surface area contributed by atoms with Gasteiger partial charge >= 0.3 is 5.97 Å². The number of rotatable bonds is 6. The first-order chi connectivity index (χ1) is 7.72. The van der Waals surface area contributed by atoms with Gasteiger partial charge in [-0.15, -0.1) is 5.10 Å². The lowest BCUT2D eigenvalue weighted by Crippen LogP contribution is -2.19. The Labute approximate surface area is 93.6 Å². The maximum absolute atomic E-state index is 10.8. The number of carbonyl (C=O) groups is 1. The van der Waals surface area contributed by atoms with Crippen LogP contribution in [0.4, 0.5) is 0 Å². The van der Waals surface area contributed by atoms with E-state index in [9.17, 15) is 4.79 Å². The fourth-order valence-corrected chi connectivity index (χ4v) is 1.97. The molecule has 16 heavy (non-hydrogen) atoms. The lowest BCUT2D eigenvalue weighted by molar-refractivity contribution is -0.138. The molecule has 0 aliphatic heterocycles. The second-order valence-electron chi connectivity index (χ2n) is 4.29. The molecule has 0 amide bonds. The summed E-state index contributed by atoms with van der Waals surface area (Å²) in [5.41, 5.74) is 0. The molecule has 0 spiro atoms. The summed E-state index contributed by atoms with van der Waals surface area (Å²) in [7, 11) is 0. The summed E-state index contributed by atoms with van der Waals surface area (Å²) in [5, 5.41) is 20.4. The summed E-state index contributed by atoms with van der Waals surface area (Å²) in [6.45, 7) is 2.06. The Morgan fingerprint density at radius 3 is 2.94 bits per heavy atom. The van der Waals surface area contributed by atoms with Crippen LogP contribution in [0.2, 0.25) is 0 Å². The zero-order chi connectivity index (χ0) is 11.5. The molecule has 0 radical (unpaired) electrons. The molecule has 0 bridgehead atoms. The third-order valence-electron chi connectivity index (χ3n) is 2.90. The average Bonchev–Trinajstić information content (AvgIpc) is 2.97. The van der Waals surface area contributed by atoms with E-state index < -0.39 is 5.97 Å². The molecule has 1 saturated carbocycles. The van der Waals surface area contributed by atoms with E-state index in [1.807, 2.05) is 0 Å². The Hall–Kier alpha value is -1.46. The highest BCUT2D eigenvalue weighted by molar-refractivity contribution is 5.67. The molecule has 1 fully saturated rings. The van der Waals surface area contributed by atoms with Gasteiger partial charge in [0.15, 0.2) is 5.82 Å². The van der Waals surface area contributed by atoms with Crippen molar-refractivity contribution in [3.05, 3.63) is 5.82 Å². The molecule has 6 nitrogen and oxygen atoms in total. The van der Waals surface area contributed by atoms with E-state index in [1.165, 1.54) is 0 Å². The van der Waals surface area contributed by atoms with Gasteiger partial charge in [-0.3, -0.25) is 4.79 Å². The van der Waals surface area contributed by atoms with Crippen LogP contribution in [0.3, 0.4) is 0 Å². The van der Waals surface area contributed by atoms with Gasteiger partial charge in [-0.05, 0) is 35.6 Å². The van der Waals surface area contributed by atoms with Gasteiger partial charge in [0.25, 0.3) is 0 Å². The number of nitrogens with zero attached hydrogens (tertiary/aromatic N) is 4. The molecule has 1 N–H and O–H groups in total. The maximum atomic E-state index is 10.8. The van der Waals surface area contributed by atoms with Gasteiger partial charge < -0.3 is 5.11 Å². The minimum Gasteiger partial charge on any atom is -0.481 e. The van der Waals surface area contributed by atoms with Gasteiger partial charge in [0.05, 0.1) is 12.5 Å². The highest BCUT2D eigenvalue weighted by Gasteiger charge is 2.35. The minimum absolute atomic E-state index is 0.0611. The molecular weight excluding hydrogens is 208 g/mol. The molecule has 1 aromatic rings. The molecule has 1 unspecified atom stereocenters. The number of carboxylic acid groups (broad SMARTS) is 1. The molecule has 1 atom stereocenters. The van der Waals surface area contributed by atoms with Crippen molar-refractivity contribution in [1.29, 1.82) is 0 Å². The number of carboxylic acids is 1. The predicted molar refractivity (Wildman–Crippen MR) is 55.8 cm³/mol. The average molecular weight is 224 g/mol. The Morgan fingerprint density at radius 1 is 1.62 bits per heavy atom. The van der Waals surface area contributed by atoms with Crippen molar-refractivity contribution in [2.24, 2.45) is 5.92 Å². The summed E-state index contributed by atoms with van der Waals surface area (Å²) >= 11 is 0. The van der Waals surface area contributed by atoms with Crippen molar-refractivity contribution in [3.63, 3.8) is 0 Å². The normalized spacial score (nSPS) is 17.3. The van der Waals surface area contributed by atoms with Crippen LogP contribution in [-0.4, -0.2) is 31.3 Å². The van der Waals surface area contributed by atoms with E-state index in [4.69, 9.17) is 5.11 Å². The maximum Gasteiger partial charge on any atom is 0.305 e. The number of aliphatic carboxylic acids is 1. The number of aryl methyl sites for hydroxylation is 1. The predicted octanol–water partition coefficient (Wildman–Crippen LogP) is 1.05. The number of tetrazole rings is 1. The van der Waals surface area contributed by atoms with Gasteiger partial charge in [0, 0.05) is 6.42 Å². The van der Waals surface area contributed by atoms with Crippen LogP contribution in [0.1, 0.15) is 44.5 Å². The van der Waals surface area contributed by atoms with Crippen molar-refractivity contribution >= 4 is 5.97 Å². The quantitative estimate of drug-likeness (QED) is 0.781. The van der Waals surface area contributed by atoms with E-state index in [2.05, 4.69) is 22.4 Å². The fraction of sp³-hybridized carbons (Fsp3) is 0.800. The van der Waals surface area contributed by atoms with Crippen molar-refractivity contribution in [1.82, 2.24) is 20.2 Å². The van der Waals surface area contributed by atoms with Crippen LogP contribution in [0.25, 0.3) is 0 Å². The van der Waals surface area contributed by atoms with Crippen LogP contribution >= 0.6 is 0 Å². The number of hydrogen-bond donors (Lipinski definition) is 1. The summed E-state index contributed by atoms with van der Waals surface area (Å²) in [6.07, 6.45) is 4.06. The van der Waals surface area contributed by atoms with Crippen LogP contribution in [0.15, 0.2) is 0 Å². The van der Waals surface area contributed by atoms with Crippen molar-refractivity contribution in [2.75, 3.05) is 0 Å². The SMILES string of the molecule is CCCc1nnnn1C(CC(=O)O)C1CC1. The first-order valence-corrected chi connectivity index (χ1v) is 5.71. The molecule has 1 aliphatic carbocycles. The summed E-state index contributed by atoms with van der Waals surface area (Å²) in [4.78, 5) is 10.8. The third-order valence-corrected chi connectivity index (χ3v) is 2.90. The molecule has 1 aromatic heterocycles. The Kier molecular flexibility index (Phi) is 3.17. The zero-order valence-electron chi connectivity index (χ0n) is 9.33. The Balaban J connectivity index is 2.16. The van der Waals surface area contributed by atoms with Gasteiger partial charge in [0.1, 0.15) is 0 Å². The van der Waals surface area contributed by atoms with Gasteiger partial charge in [-0.1, -0.05) is 6.92 Å². The lowest BCUT2D eigenvalue weighted by Gasteiger charge is -2.15. The van der Waals surface area contributed by atoms with Crippen LogP contribution < -0.4 is 0 Å². The number of aromatic nitrogens is 4. The summed E-state index contributed by atoms with van der Waals surface area (Å²) < 4.78 is 1.72. The smallest absolute Gasteiger partial charge is 0.305 e. The first kappa shape index (κ1) is 11.0. The van der Waals surface area contributed by atoms with E-state index in [-0.39, 0.29) is 12.5 Å². The van der Waals surface area contributed by atoms with Gasteiger partial charge in [-0.2, -0.15) is 0 Å². The molecule has 0 saturated heterocycles. The van der Waals surface area contributed by atoms with E-state index in [0.29, 0.717) is 5.92 Å².